The van der Waals surface area contributed by atoms with Crippen LogP contribution in [0.25, 0.3) is 0 Å². The number of amides is 1. The van der Waals surface area contributed by atoms with Crippen molar-refractivity contribution in [3.05, 3.63) is 0 Å². The quantitative estimate of drug-likeness (QED) is 0.431. The Kier molecular flexibility index (Phi) is 8.90. The first kappa shape index (κ1) is 22.0. The van der Waals surface area contributed by atoms with Gasteiger partial charge < -0.3 is 5.32 Å². The van der Waals surface area contributed by atoms with Crippen molar-refractivity contribution < 1.29 is 35.5 Å². The fourth-order valence-electron chi connectivity index (χ4n) is 1.98. The van der Waals surface area contributed by atoms with E-state index in [2.05, 4.69) is 5.32 Å². The van der Waals surface area contributed by atoms with E-state index in [1.54, 1.807) is 0 Å². The van der Waals surface area contributed by atoms with Gasteiger partial charge in [-0.1, -0.05) is 32.6 Å². The van der Waals surface area contributed by atoms with Gasteiger partial charge in [0, 0.05) is 19.4 Å². The second kappa shape index (κ2) is 9.32. The van der Waals surface area contributed by atoms with Crippen LogP contribution < -0.4 is 5.32 Å². The van der Waals surface area contributed by atoms with E-state index in [0.29, 0.717) is 6.42 Å². The van der Waals surface area contributed by atoms with Crippen molar-refractivity contribution in [2.75, 3.05) is 6.54 Å². The van der Waals surface area contributed by atoms with Gasteiger partial charge in [0.15, 0.2) is 0 Å². The van der Waals surface area contributed by atoms with Gasteiger partial charge in [-0.3, -0.25) is 4.79 Å². The first-order valence-corrected chi connectivity index (χ1v) is 7.54. The molecule has 1 amide bonds. The molecule has 0 atom stereocenters. The third-order valence-electron chi connectivity index (χ3n) is 3.43. The summed E-state index contributed by atoms with van der Waals surface area (Å²) < 4.78 is 86.9. The highest BCUT2D eigenvalue weighted by atomic mass is 19.4. The molecular weight excluding hydrogens is 331 g/mol. The second-order valence-electron chi connectivity index (χ2n) is 5.41. The molecule has 0 unspecified atom stereocenters. The lowest BCUT2D eigenvalue weighted by molar-refractivity contribution is -0.343. The summed E-state index contributed by atoms with van der Waals surface area (Å²) >= 11 is 0. The third kappa shape index (κ3) is 7.39. The molecule has 138 valence electrons. The highest BCUT2D eigenvalue weighted by molar-refractivity contribution is 5.75. The number of carbonyl (C=O) groups is 1. The van der Waals surface area contributed by atoms with Crippen LogP contribution in [0.4, 0.5) is 30.7 Å². The summed E-state index contributed by atoms with van der Waals surface area (Å²) in [5.41, 5.74) is -5.25. The normalized spacial score (nSPS) is 13.2. The van der Waals surface area contributed by atoms with Crippen LogP contribution >= 0.6 is 0 Å². The van der Waals surface area contributed by atoms with Crippen molar-refractivity contribution >= 4 is 5.91 Å². The summed E-state index contributed by atoms with van der Waals surface area (Å²) in [5, 5.41) is 2.21. The van der Waals surface area contributed by atoms with Crippen LogP contribution in [0.1, 0.15) is 58.3 Å². The zero-order valence-corrected chi connectivity index (χ0v) is 12.9. The van der Waals surface area contributed by atoms with E-state index in [1.165, 1.54) is 0 Å². The van der Waals surface area contributed by atoms with Gasteiger partial charge >= 0.3 is 12.4 Å². The molecule has 0 aromatic carbocycles. The molecule has 2 nitrogen and oxygen atoms in total. The average Bonchev–Trinajstić information content (AvgIpc) is 2.40. The van der Waals surface area contributed by atoms with E-state index < -0.39 is 43.3 Å². The number of halogens is 7. The van der Waals surface area contributed by atoms with E-state index in [-0.39, 0.29) is 6.42 Å². The third-order valence-corrected chi connectivity index (χ3v) is 3.43. The number of hydrogen-bond donors (Lipinski definition) is 1. The molecule has 0 aliphatic carbocycles. The van der Waals surface area contributed by atoms with Crippen LogP contribution in [-0.4, -0.2) is 30.5 Å². The molecule has 9 heteroatoms. The Balaban J connectivity index is 4.11. The molecule has 0 radical (unpaired) electrons. The Morgan fingerprint density at radius 1 is 0.826 bits per heavy atom. The van der Waals surface area contributed by atoms with E-state index in [4.69, 9.17) is 0 Å². The Hall–Kier alpha value is -1.02. The minimum absolute atomic E-state index is 0.156. The van der Waals surface area contributed by atoms with E-state index in [9.17, 15) is 35.5 Å². The molecular formula is C14H22F7NO. The van der Waals surface area contributed by atoms with Gasteiger partial charge in [0.1, 0.15) is 0 Å². The topological polar surface area (TPSA) is 29.1 Å². The zero-order valence-electron chi connectivity index (χ0n) is 12.9. The highest BCUT2D eigenvalue weighted by Crippen LogP contribution is 2.48. The molecule has 0 aliphatic rings. The number of nitrogens with one attached hydrogen (secondary N) is 1. The van der Waals surface area contributed by atoms with Crippen LogP contribution in [0.2, 0.25) is 0 Å². The van der Waals surface area contributed by atoms with E-state index >= 15 is 0 Å². The molecule has 0 aromatic rings. The SMILES string of the molecule is CCCCCCCC(=O)NCCCC(F)(C(F)(F)F)C(F)(F)F. The highest BCUT2D eigenvalue weighted by Gasteiger charge is 2.71. The lowest BCUT2D eigenvalue weighted by atomic mass is 9.98. The van der Waals surface area contributed by atoms with Crippen LogP contribution in [0.15, 0.2) is 0 Å². The predicted octanol–water partition coefficient (Wildman–Crippen LogP) is 5.08. The van der Waals surface area contributed by atoms with Crippen molar-refractivity contribution in [2.45, 2.75) is 76.3 Å². The minimum Gasteiger partial charge on any atom is -0.356 e. The molecule has 0 saturated carbocycles. The average molecular weight is 353 g/mol. The number of hydrogen-bond acceptors (Lipinski definition) is 1. The van der Waals surface area contributed by atoms with Gasteiger partial charge in [0.2, 0.25) is 5.91 Å². The standard InChI is InChI=1S/C14H22F7NO/c1-2-3-4-5-6-8-11(23)22-10-7-9-12(15,13(16,17)18)14(19,20)21/h2-10H2,1H3,(H,22,23). The fourth-order valence-corrected chi connectivity index (χ4v) is 1.98. The molecule has 0 fully saturated rings. The van der Waals surface area contributed by atoms with Gasteiger partial charge in [0.05, 0.1) is 0 Å². The van der Waals surface area contributed by atoms with E-state index in [0.717, 1.165) is 25.7 Å². The van der Waals surface area contributed by atoms with Crippen LogP contribution in [0.3, 0.4) is 0 Å². The first-order valence-electron chi connectivity index (χ1n) is 7.54. The molecule has 0 heterocycles. The van der Waals surface area contributed by atoms with Crippen molar-refractivity contribution in [1.82, 2.24) is 5.32 Å². The molecule has 0 rings (SSSR count). The van der Waals surface area contributed by atoms with Gasteiger partial charge in [0.25, 0.3) is 5.67 Å². The maximum Gasteiger partial charge on any atom is 0.431 e. The molecule has 0 bridgehead atoms. The van der Waals surface area contributed by atoms with Crippen molar-refractivity contribution in [3.63, 3.8) is 0 Å². The summed E-state index contributed by atoms with van der Waals surface area (Å²) in [6, 6.07) is 0. The number of unbranched alkanes of at least 4 members (excludes halogenated alkanes) is 4. The van der Waals surface area contributed by atoms with Gasteiger partial charge in [-0.15, -0.1) is 0 Å². The zero-order chi connectivity index (χ0) is 18.1. The molecule has 23 heavy (non-hydrogen) atoms. The molecule has 0 saturated heterocycles. The Bertz CT molecular complexity index is 338. The Morgan fingerprint density at radius 3 is 1.83 bits per heavy atom. The molecule has 0 spiro atoms. The van der Waals surface area contributed by atoms with Crippen molar-refractivity contribution in [1.29, 1.82) is 0 Å². The van der Waals surface area contributed by atoms with Crippen LogP contribution in [-0.2, 0) is 4.79 Å². The molecule has 0 aliphatic heterocycles. The summed E-state index contributed by atoms with van der Waals surface area (Å²) in [4.78, 5) is 11.3. The maximum absolute atomic E-state index is 13.3. The van der Waals surface area contributed by atoms with Crippen LogP contribution in [0, 0.1) is 0 Å². The second-order valence-corrected chi connectivity index (χ2v) is 5.41. The maximum atomic E-state index is 13.3. The van der Waals surface area contributed by atoms with E-state index in [1.807, 2.05) is 6.92 Å². The molecule has 0 aromatic heterocycles. The van der Waals surface area contributed by atoms with Crippen molar-refractivity contribution in [3.8, 4) is 0 Å². The summed E-state index contributed by atoms with van der Waals surface area (Å²) in [5.74, 6) is -0.454. The number of alkyl halides is 7. The molecule has 1 N–H and O–H groups in total. The van der Waals surface area contributed by atoms with Gasteiger partial charge in [-0.2, -0.15) is 26.3 Å². The smallest absolute Gasteiger partial charge is 0.356 e. The van der Waals surface area contributed by atoms with Crippen molar-refractivity contribution in [2.24, 2.45) is 0 Å². The fraction of sp³-hybridized carbons (Fsp3) is 0.929. The Labute approximate surface area is 130 Å². The largest absolute Gasteiger partial charge is 0.431 e. The monoisotopic (exact) mass is 353 g/mol. The lowest BCUT2D eigenvalue weighted by Crippen LogP contribution is -2.53. The summed E-state index contributed by atoms with van der Waals surface area (Å²) in [6.07, 6.45) is -9.96. The first-order chi connectivity index (χ1) is 10.5. The number of carbonyl (C=O) groups excluding carboxylic acids is 1. The Morgan fingerprint density at radius 2 is 1.35 bits per heavy atom. The predicted molar refractivity (Wildman–Crippen MR) is 71.6 cm³/mol. The summed E-state index contributed by atoms with van der Waals surface area (Å²) in [7, 11) is 0. The van der Waals surface area contributed by atoms with Gasteiger partial charge in [-0.05, 0) is 12.8 Å². The number of rotatable bonds is 10. The summed E-state index contributed by atoms with van der Waals surface area (Å²) in [6.45, 7) is 1.60. The van der Waals surface area contributed by atoms with Crippen LogP contribution in [0.5, 0.6) is 0 Å². The lowest BCUT2D eigenvalue weighted by Gasteiger charge is -2.29. The van der Waals surface area contributed by atoms with Gasteiger partial charge in [-0.25, -0.2) is 4.39 Å². The minimum atomic E-state index is -6.03.